The first kappa shape index (κ1) is 18.1. The molecule has 0 aromatic heterocycles. The Morgan fingerprint density at radius 1 is 1.33 bits per heavy atom. The van der Waals surface area contributed by atoms with E-state index in [0.29, 0.717) is 18.4 Å². The summed E-state index contributed by atoms with van der Waals surface area (Å²) in [6.45, 7) is 2.60. The van der Waals surface area contributed by atoms with Gasteiger partial charge in [-0.1, -0.05) is 19.1 Å². The summed E-state index contributed by atoms with van der Waals surface area (Å²) in [4.78, 5) is 2.25. The number of sulfone groups is 1. The molecule has 1 aromatic carbocycles. The molecule has 2 unspecified atom stereocenters. The van der Waals surface area contributed by atoms with Crippen molar-refractivity contribution in [3.8, 4) is 0 Å². The molecule has 0 saturated carbocycles. The zero-order valence-electron chi connectivity index (χ0n) is 13.0. The van der Waals surface area contributed by atoms with Crippen LogP contribution in [-0.4, -0.2) is 50.9 Å². The van der Waals surface area contributed by atoms with E-state index in [2.05, 4.69) is 0 Å². The van der Waals surface area contributed by atoms with E-state index in [9.17, 15) is 13.5 Å². The van der Waals surface area contributed by atoms with Crippen LogP contribution in [0.4, 0.5) is 0 Å². The minimum Gasteiger partial charge on any atom is -0.387 e. The van der Waals surface area contributed by atoms with Crippen LogP contribution >= 0.6 is 0 Å². The lowest BCUT2D eigenvalue weighted by Gasteiger charge is -2.21. The van der Waals surface area contributed by atoms with Gasteiger partial charge in [-0.15, -0.1) is 0 Å². The number of hydrogen-bond donors (Lipinski definition) is 2. The van der Waals surface area contributed by atoms with Crippen molar-refractivity contribution in [1.29, 1.82) is 0 Å². The largest absolute Gasteiger partial charge is 0.387 e. The molecule has 5 nitrogen and oxygen atoms in total. The second-order valence-electron chi connectivity index (χ2n) is 5.59. The zero-order valence-corrected chi connectivity index (χ0v) is 13.8. The highest BCUT2D eigenvalue weighted by atomic mass is 32.2. The highest BCUT2D eigenvalue weighted by molar-refractivity contribution is 7.91. The Hall–Kier alpha value is -0.950. The molecule has 21 heavy (non-hydrogen) atoms. The minimum atomic E-state index is -3.28. The van der Waals surface area contributed by atoms with Crippen LogP contribution in [0.5, 0.6) is 0 Å². The predicted octanol–water partition coefficient (Wildman–Crippen LogP) is 1.18. The molecule has 0 spiro atoms. The van der Waals surface area contributed by atoms with Crippen molar-refractivity contribution in [1.82, 2.24) is 4.90 Å². The maximum atomic E-state index is 12.1. The van der Waals surface area contributed by atoms with Gasteiger partial charge < -0.3 is 15.7 Å². The molecular weight excluding hydrogens is 288 g/mol. The first-order valence-corrected chi connectivity index (χ1v) is 8.84. The quantitative estimate of drug-likeness (QED) is 0.753. The van der Waals surface area contributed by atoms with Crippen molar-refractivity contribution in [3.63, 3.8) is 0 Å². The van der Waals surface area contributed by atoms with Gasteiger partial charge in [0.2, 0.25) is 0 Å². The Morgan fingerprint density at radius 2 is 2.00 bits per heavy atom. The molecule has 0 aliphatic heterocycles. The van der Waals surface area contributed by atoms with Crippen LogP contribution < -0.4 is 5.73 Å². The molecule has 1 aromatic rings. The van der Waals surface area contributed by atoms with E-state index in [0.717, 1.165) is 6.54 Å². The first-order valence-electron chi connectivity index (χ1n) is 7.19. The van der Waals surface area contributed by atoms with Crippen molar-refractivity contribution in [2.45, 2.75) is 36.8 Å². The molecular formula is C15H26N2O3S. The summed E-state index contributed by atoms with van der Waals surface area (Å²) in [5, 5.41) is 10.3. The third-order valence-corrected chi connectivity index (χ3v) is 5.26. The zero-order chi connectivity index (χ0) is 16.0. The van der Waals surface area contributed by atoms with Crippen molar-refractivity contribution in [2.75, 3.05) is 26.4 Å². The molecule has 0 amide bonds. The summed E-state index contributed by atoms with van der Waals surface area (Å²) in [5.74, 6) is 0.110. The summed E-state index contributed by atoms with van der Waals surface area (Å²) < 4.78 is 24.1. The van der Waals surface area contributed by atoms with Gasteiger partial charge in [0.1, 0.15) is 0 Å². The maximum Gasteiger partial charge on any atom is 0.178 e. The Labute approximate surface area is 127 Å². The molecule has 120 valence electrons. The predicted molar refractivity (Wildman–Crippen MR) is 84.9 cm³/mol. The van der Waals surface area contributed by atoms with E-state index >= 15 is 0 Å². The van der Waals surface area contributed by atoms with Gasteiger partial charge in [-0.25, -0.2) is 8.42 Å². The molecule has 0 saturated heterocycles. The minimum absolute atomic E-state index is 0.110. The molecule has 0 bridgehead atoms. The van der Waals surface area contributed by atoms with Crippen molar-refractivity contribution in [2.24, 2.45) is 5.73 Å². The van der Waals surface area contributed by atoms with Gasteiger partial charge in [-0.05, 0) is 51.2 Å². The standard InChI is InChI=1S/C15H26N2O3S/c1-4-10-21(19,20)13-7-5-6-12(11-13)15(18)14(16)8-9-17(2)3/h5-7,11,14-15,18H,4,8-10,16H2,1-3H3. The smallest absolute Gasteiger partial charge is 0.178 e. The van der Waals surface area contributed by atoms with Gasteiger partial charge in [0, 0.05) is 6.04 Å². The maximum absolute atomic E-state index is 12.1. The van der Waals surface area contributed by atoms with E-state index in [1.807, 2.05) is 25.9 Å². The fourth-order valence-electron chi connectivity index (χ4n) is 2.09. The first-order chi connectivity index (χ1) is 9.77. The monoisotopic (exact) mass is 314 g/mol. The lowest BCUT2D eigenvalue weighted by Crippen LogP contribution is -2.32. The highest BCUT2D eigenvalue weighted by Gasteiger charge is 2.20. The lowest BCUT2D eigenvalue weighted by atomic mass is 10.0. The molecule has 0 aliphatic carbocycles. The summed E-state index contributed by atoms with van der Waals surface area (Å²) in [6.07, 6.45) is 0.346. The SMILES string of the molecule is CCCS(=O)(=O)c1cccc(C(O)C(N)CCN(C)C)c1. The van der Waals surface area contributed by atoms with Crippen molar-refractivity contribution < 1.29 is 13.5 Å². The normalized spacial score (nSPS) is 15.1. The summed E-state index contributed by atoms with van der Waals surface area (Å²) in [7, 11) is 0.605. The Bertz CT molecular complexity index is 544. The van der Waals surface area contributed by atoms with Crippen LogP contribution in [0.2, 0.25) is 0 Å². The van der Waals surface area contributed by atoms with Gasteiger partial charge in [0.05, 0.1) is 16.8 Å². The van der Waals surface area contributed by atoms with Crippen LogP contribution in [0.15, 0.2) is 29.2 Å². The summed E-state index contributed by atoms with van der Waals surface area (Å²) in [6, 6.07) is 6.04. The van der Waals surface area contributed by atoms with Gasteiger partial charge in [0.15, 0.2) is 9.84 Å². The van der Waals surface area contributed by atoms with Crippen LogP contribution in [-0.2, 0) is 9.84 Å². The van der Waals surface area contributed by atoms with Gasteiger partial charge in [-0.3, -0.25) is 0 Å². The van der Waals surface area contributed by atoms with Gasteiger partial charge in [0.25, 0.3) is 0 Å². The Morgan fingerprint density at radius 3 is 2.57 bits per heavy atom. The fraction of sp³-hybridized carbons (Fsp3) is 0.600. The number of nitrogens with two attached hydrogens (primary N) is 1. The molecule has 0 aliphatic rings. The molecule has 0 fully saturated rings. The van der Waals surface area contributed by atoms with E-state index in [-0.39, 0.29) is 10.6 Å². The number of rotatable bonds is 8. The average Bonchev–Trinajstić information content (AvgIpc) is 2.44. The number of benzene rings is 1. The molecule has 6 heteroatoms. The van der Waals surface area contributed by atoms with Crippen LogP contribution in [0, 0.1) is 0 Å². The highest BCUT2D eigenvalue weighted by Crippen LogP contribution is 2.22. The number of nitrogens with zero attached hydrogens (tertiary/aromatic N) is 1. The third-order valence-electron chi connectivity index (χ3n) is 3.35. The second kappa shape index (κ2) is 7.89. The molecule has 2 atom stereocenters. The van der Waals surface area contributed by atoms with Crippen LogP contribution in [0.3, 0.4) is 0 Å². The van der Waals surface area contributed by atoms with Gasteiger partial charge >= 0.3 is 0 Å². The third kappa shape index (κ3) is 5.39. The fourth-order valence-corrected chi connectivity index (χ4v) is 3.47. The summed E-state index contributed by atoms with van der Waals surface area (Å²) >= 11 is 0. The molecule has 1 rings (SSSR count). The summed E-state index contributed by atoms with van der Waals surface area (Å²) in [5.41, 5.74) is 6.54. The topological polar surface area (TPSA) is 83.6 Å². The Balaban J connectivity index is 2.89. The second-order valence-corrected chi connectivity index (χ2v) is 7.70. The van der Waals surface area contributed by atoms with E-state index in [1.165, 1.54) is 6.07 Å². The Kier molecular flexibility index (Phi) is 6.80. The van der Waals surface area contributed by atoms with Crippen LogP contribution in [0.1, 0.15) is 31.4 Å². The van der Waals surface area contributed by atoms with Crippen molar-refractivity contribution >= 4 is 9.84 Å². The molecule has 0 heterocycles. The van der Waals surface area contributed by atoms with E-state index in [4.69, 9.17) is 5.73 Å². The number of aliphatic hydroxyl groups excluding tert-OH is 1. The van der Waals surface area contributed by atoms with Crippen molar-refractivity contribution in [3.05, 3.63) is 29.8 Å². The number of hydrogen-bond acceptors (Lipinski definition) is 5. The average molecular weight is 314 g/mol. The lowest BCUT2D eigenvalue weighted by molar-refractivity contribution is 0.137. The number of aliphatic hydroxyl groups is 1. The van der Waals surface area contributed by atoms with Crippen LogP contribution in [0.25, 0.3) is 0 Å². The molecule has 0 radical (unpaired) electrons. The van der Waals surface area contributed by atoms with Gasteiger partial charge in [-0.2, -0.15) is 0 Å². The van der Waals surface area contributed by atoms with E-state index in [1.54, 1.807) is 18.2 Å². The van der Waals surface area contributed by atoms with E-state index < -0.39 is 22.0 Å². The molecule has 3 N–H and O–H groups in total.